The number of ether oxygens (including phenoxy) is 1. The summed E-state index contributed by atoms with van der Waals surface area (Å²) in [7, 11) is 0. The highest BCUT2D eigenvalue weighted by Gasteiger charge is 2.31. The monoisotopic (exact) mass is 457 g/mol. The Hall–Kier alpha value is -2.54. The van der Waals surface area contributed by atoms with Crippen molar-refractivity contribution in [1.29, 1.82) is 0 Å². The van der Waals surface area contributed by atoms with E-state index in [-0.39, 0.29) is 23.9 Å². The van der Waals surface area contributed by atoms with E-state index in [0.29, 0.717) is 19.7 Å². The topological polar surface area (TPSA) is 70.7 Å². The molecule has 0 bridgehead atoms. The number of likely N-dealkylation sites (tertiary alicyclic amines) is 1. The summed E-state index contributed by atoms with van der Waals surface area (Å²) in [5.41, 5.74) is 1.75. The molecule has 0 saturated carbocycles. The zero-order chi connectivity index (χ0) is 20.2. The standard InChI is InChI=1S/C22H24BrN3O3/c23-16-8-9-20-18(13-16)19(10-12-29-20)25-21(27)15-5-4-11-26(14-15)22(28)24-17-6-2-1-3-7-17/h1-3,6-9,13,15,19H,4-5,10-12,14H2,(H,24,28)(H,25,27). The fourth-order valence-electron chi connectivity index (χ4n) is 3.90. The van der Waals surface area contributed by atoms with Gasteiger partial charge in [-0.1, -0.05) is 34.1 Å². The van der Waals surface area contributed by atoms with Gasteiger partial charge in [0.15, 0.2) is 0 Å². The second-order valence-electron chi connectivity index (χ2n) is 7.46. The molecule has 2 unspecified atom stereocenters. The summed E-state index contributed by atoms with van der Waals surface area (Å²) in [6.45, 7) is 1.67. The van der Waals surface area contributed by atoms with Gasteiger partial charge >= 0.3 is 6.03 Å². The van der Waals surface area contributed by atoms with Crippen LogP contribution in [0.2, 0.25) is 0 Å². The average Bonchev–Trinajstić information content (AvgIpc) is 2.75. The quantitative estimate of drug-likeness (QED) is 0.720. The lowest BCUT2D eigenvalue weighted by atomic mass is 9.95. The molecule has 2 aromatic rings. The van der Waals surface area contributed by atoms with Crippen molar-refractivity contribution >= 4 is 33.6 Å². The van der Waals surface area contributed by atoms with Gasteiger partial charge in [-0.15, -0.1) is 0 Å². The lowest BCUT2D eigenvalue weighted by Crippen LogP contribution is -2.47. The van der Waals surface area contributed by atoms with Crippen LogP contribution in [0.15, 0.2) is 53.0 Å². The first-order valence-corrected chi connectivity index (χ1v) is 10.7. The number of anilines is 1. The van der Waals surface area contributed by atoms with Gasteiger partial charge in [0.25, 0.3) is 0 Å². The normalized spacial score (nSPS) is 20.9. The number of rotatable bonds is 3. The van der Waals surface area contributed by atoms with Crippen LogP contribution in [0, 0.1) is 5.92 Å². The molecule has 0 aromatic heterocycles. The van der Waals surface area contributed by atoms with Crippen LogP contribution in [0.1, 0.15) is 30.9 Å². The third kappa shape index (κ3) is 4.72. The summed E-state index contributed by atoms with van der Waals surface area (Å²) >= 11 is 3.49. The van der Waals surface area contributed by atoms with E-state index in [1.54, 1.807) is 4.90 Å². The van der Waals surface area contributed by atoms with Gasteiger partial charge in [-0.05, 0) is 43.2 Å². The van der Waals surface area contributed by atoms with Crippen molar-refractivity contribution < 1.29 is 14.3 Å². The molecule has 6 nitrogen and oxygen atoms in total. The smallest absolute Gasteiger partial charge is 0.321 e. The second-order valence-corrected chi connectivity index (χ2v) is 8.38. The van der Waals surface area contributed by atoms with Crippen LogP contribution in [0.5, 0.6) is 5.75 Å². The number of carbonyl (C=O) groups is 2. The molecule has 2 heterocycles. The van der Waals surface area contributed by atoms with E-state index in [9.17, 15) is 9.59 Å². The molecule has 0 radical (unpaired) electrons. The first kappa shape index (κ1) is 19.8. The van der Waals surface area contributed by atoms with E-state index >= 15 is 0 Å². The van der Waals surface area contributed by atoms with E-state index < -0.39 is 0 Å². The number of carbonyl (C=O) groups excluding carboxylic acids is 2. The fraction of sp³-hybridized carbons (Fsp3) is 0.364. The van der Waals surface area contributed by atoms with Crippen LogP contribution >= 0.6 is 15.9 Å². The van der Waals surface area contributed by atoms with Crippen molar-refractivity contribution in [3.63, 3.8) is 0 Å². The molecule has 1 saturated heterocycles. The predicted molar refractivity (Wildman–Crippen MR) is 115 cm³/mol. The fourth-order valence-corrected chi connectivity index (χ4v) is 4.28. The molecule has 1 fully saturated rings. The van der Waals surface area contributed by atoms with Crippen molar-refractivity contribution in [2.75, 3.05) is 25.0 Å². The Kier molecular flexibility index (Phi) is 6.04. The Bertz CT molecular complexity index is 890. The molecule has 29 heavy (non-hydrogen) atoms. The van der Waals surface area contributed by atoms with Crippen LogP contribution in [0.25, 0.3) is 0 Å². The Labute approximate surface area is 178 Å². The highest BCUT2D eigenvalue weighted by molar-refractivity contribution is 9.10. The van der Waals surface area contributed by atoms with Gasteiger partial charge < -0.3 is 20.3 Å². The summed E-state index contributed by atoms with van der Waals surface area (Å²) in [4.78, 5) is 27.3. The number of halogens is 1. The number of fused-ring (bicyclic) bond motifs is 1. The minimum atomic E-state index is -0.205. The SMILES string of the molecule is O=C(NC1CCOc2ccc(Br)cc21)C1CCCN(C(=O)Nc2ccccc2)C1. The number of hydrogen-bond donors (Lipinski definition) is 2. The molecule has 7 heteroatoms. The lowest BCUT2D eigenvalue weighted by Gasteiger charge is -2.34. The van der Waals surface area contributed by atoms with Gasteiger partial charge in [-0.25, -0.2) is 4.79 Å². The molecule has 4 rings (SSSR count). The molecule has 0 aliphatic carbocycles. The number of amides is 3. The number of urea groups is 1. The number of nitrogens with zero attached hydrogens (tertiary/aromatic N) is 1. The maximum Gasteiger partial charge on any atom is 0.321 e. The Morgan fingerprint density at radius 2 is 1.93 bits per heavy atom. The van der Waals surface area contributed by atoms with E-state index in [2.05, 4.69) is 26.6 Å². The maximum absolute atomic E-state index is 13.0. The highest BCUT2D eigenvalue weighted by Crippen LogP contribution is 2.34. The Balaban J connectivity index is 1.38. The first-order chi connectivity index (χ1) is 14.1. The summed E-state index contributed by atoms with van der Waals surface area (Å²) in [6, 6.07) is 15.0. The number of hydrogen-bond acceptors (Lipinski definition) is 3. The van der Waals surface area contributed by atoms with E-state index in [1.165, 1.54) is 0 Å². The van der Waals surface area contributed by atoms with Gasteiger partial charge in [-0.3, -0.25) is 4.79 Å². The van der Waals surface area contributed by atoms with Crippen molar-refractivity contribution in [1.82, 2.24) is 10.2 Å². The third-order valence-electron chi connectivity index (χ3n) is 5.43. The summed E-state index contributed by atoms with van der Waals surface area (Å²) < 4.78 is 6.67. The van der Waals surface area contributed by atoms with Gasteiger partial charge in [0.2, 0.25) is 5.91 Å². The van der Waals surface area contributed by atoms with Crippen molar-refractivity contribution in [3.05, 3.63) is 58.6 Å². The summed E-state index contributed by atoms with van der Waals surface area (Å²) in [5, 5.41) is 6.09. The van der Waals surface area contributed by atoms with Crippen LogP contribution in [-0.4, -0.2) is 36.5 Å². The second kappa shape index (κ2) is 8.86. The minimum absolute atomic E-state index is 0.0000339. The molecule has 2 atom stereocenters. The van der Waals surface area contributed by atoms with Gasteiger partial charge in [0.05, 0.1) is 18.6 Å². The van der Waals surface area contributed by atoms with Gasteiger partial charge in [0, 0.05) is 35.2 Å². The van der Waals surface area contributed by atoms with Crippen molar-refractivity contribution in [2.45, 2.75) is 25.3 Å². The zero-order valence-electron chi connectivity index (χ0n) is 16.1. The van der Waals surface area contributed by atoms with Crippen molar-refractivity contribution in [2.24, 2.45) is 5.92 Å². The maximum atomic E-state index is 13.0. The average molecular weight is 458 g/mol. The number of para-hydroxylation sites is 1. The molecule has 2 aliphatic heterocycles. The first-order valence-electron chi connectivity index (χ1n) is 9.94. The molecule has 2 aromatic carbocycles. The van der Waals surface area contributed by atoms with Gasteiger partial charge in [0.1, 0.15) is 5.75 Å². The van der Waals surface area contributed by atoms with Gasteiger partial charge in [-0.2, -0.15) is 0 Å². The summed E-state index contributed by atoms with van der Waals surface area (Å²) in [6.07, 6.45) is 2.34. The molecular formula is C22H24BrN3O3. The summed E-state index contributed by atoms with van der Waals surface area (Å²) in [5.74, 6) is 0.612. The number of nitrogens with one attached hydrogen (secondary N) is 2. The Morgan fingerprint density at radius 1 is 1.10 bits per heavy atom. The van der Waals surface area contributed by atoms with E-state index in [4.69, 9.17) is 4.74 Å². The van der Waals surface area contributed by atoms with Crippen molar-refractivity contribution in [3.8, 4) is 5.75 Å². The molecule has 2 N–H and O–H groups in total. The zero-order valence-corrected chi connectivity index (χ0v) is 17.7. The highest BCUT2D eigenvalue weighted by atomic mass is 79.9. The lowest BCUT2D eigenvalue weighted by molar-refractivity contribution is -0.127. The van der Waals surface area contributed by atoms with Crippen LogP contribution < -0.4 is 15.4 Å². The van der Waals surface area contributed by atoms with Crippen LogP contribution in [0.4, 0.5) is 10.5 Å². The largest absolute Gasteiger partial charge is 0.493 e. The number of benzene rings is 2. The third-order valence-corrected chi connectivity index (χ3v) is 5.93. The predicted octanol–water partition coefficient (Wildman–Crippen LogP) is 4.33. The molecule has 2 aliphatic rings. The van der Waals surface area contributed by atoms with Crippen LogP contribution in [0.3, 0.4) is 0 Å². The molecule has 0 spiro atoms. The Morgan fingerprint density at radius 3 is 2.76 bits per heavy atom. The molecule has 152 valence electrons. The van der Waals surface area contributed by atoms with Crippen LogP contribution in [-0.2, 0) is 4.79 Å². The minimum Gasteiger partial charge on any atom is -0.493 e. The van der Waals surface area contributed by atoms with E-state index in [0.717, 1.165) is 40.7 Å². The molecule has 3 amide bonds. The van der Waals surface area contributed by atoms with E-state index in [1.807, 2.05) is 48.5 Å². The number of piperidine rings is 1. The molecular weight excluding hydrogens is 434 g/mol.